The lowest BCUT2D eigenvalue weighted by Gasteiger charge is -2.41. The van der Waals surface area contributed by atoms with Crippen LogP contribution in [0.3, 0.4) is 0 Å². The number of piperidine rings is 1. The molecule has 42 heavy (non-hydrogen) atoms. The number of aromatic nitrogens is 1. The van der Waals surface area contributed by atoms with E-state index in [0.717, 1.165) is 23.9 Å². The van der Waals surface area contributed by atoms with Gasteiger partial charge in [-0.15, -0.1) is 0 Å². The standard InChI is InChI=1S/C29H33F3N4O5S/c30-29(31,32)25(37)19-42-16-6-10-23(27(33)39)36(21-12-14-34(15-13-21)17-20-7-2-1-3-8-20)26(38)18-35-22-9-4-5-11-24(22)41-28(35)40/h1-5,7-9,11,21,23H,6,10,12-19H2,(H2,33,39)/t23-/m0/s1. The van der Waals surface area contributed by atoms with Gasteiger partial charge in [0.1, 0.15) is 12.6 Å². The highest BCUT2D eigenvalue weighted by molar-refractivity contribution is 7.99. The number of nitrogens with two attached hydrogens (primary N) is 1. The molecule has 3 aromatic rings. The van der Waals surface area contributed by atoms with E-state index in [2.05, 4.69) is 4.90 Å². The van der Waals surface area contributed by atoms with Crippen molar-refractivity contribution in [1.29, 1.82) is 0 Å². The second-order valence-electron chi connectivity index (χ2n) is 10.2. The highest BCUT2D eigenvalue weighted by Crippen LogP contribution is 2.25. The van der Waals surface area contributed by atoms with Gasteiger partial charge in [0.25, 0.3) is 0 Å². The lowest BCUT2D eigenvalue weighted by Crippen LogP contribution is -2.56. The van der Waals surface area contributed by atoms with Crippen LogP contribution in [0.1, 0.15) is 31.2 Å². The Morgan fingerprint density at radius 1 is 1.05 bits per heavy atom. The highest BCUT2D eigenvalue weighted by Gasteiger charge is 2.38. The van der Waals surface area contributed by atoms with Crippen molar-refractivity contribution < 1.29 is 32.0 Å². The summed E-state index contributed by atoms with van der Waals surface area (Å²) in [5, 5.41) is 0. The summed E-state index contributed by atoms with van der Waals surface area (Å²) >= 11 is 0.816. The Balaban J connectivity index is 1.48. The molecule has 0 saturated carbocycles. The van der Waals surface area contributed by atoms with E-state index in [1.165, 1.54) is 9.47 Å². The van der Waals surface area contributed by atoms with Gasteiger partial charge < -0.3 is 15.1 Å². The molecular formula is C29H33F3N4O5S. The predicted octanol–water partition coefficient (Wildman–Crippen LogP) is 3.59. The molecule has 9 nitrogen and oxygen atoms in total. The smallest absolute Gasteiger partial charge is 0.408 e. The zero-order valence-corrected chi connectivity index (χ0v) is 23.7. The monoisotopic (exact) mass is 606 g/mol. The molecule has 1 fully saturated rings. The number of para-hydroxylation sites is 2. The molecule has 226 valence electrons. The molecule has 1 aromatic heterocycles. The zero-order valence-electron chi connectivity index (χ0n) is 22.9. The summed E-state index contributed by atoms with van der Waals surface area (Å²) in [6.07, 6.45) is -3.39. The van der Waals surface area contributed by atoms with Gasteiger partial charge in [-0.1, -0.05) is 42.5 Å². The lowest BCUT2D eigenvalue weighted by atomic mass is 9.98. The first-order valence-corrected chi connectivity index (χ1v) is 14.8. The van der Waals surface area contributed by atoms with E-state index in [-0.39, 0.29) is 31.2 Å². The molecule has 0 radical (unpaired) electrons. The van der Waals surface area contributed by atoms with Crippen molar-refractivity contribution in [1.82, 2.24) is 14.4 Å². The Morgan fingerprint density at radius 2 is 1.71 bits per heavy atom. The Labute approximate surface area is 244 Å². The number of halogens is 3. The number of carbonyl (C=O) groups excluding carboxylic acids is 3. The zero-order chi connectivity index (χ0) is 30.3. The normalized spacial score (nSPS) is 15.5. The third-order valence-corrected chi connectivity index (χ3v) is 8.38. The van der Waals surface area contributed by atoms with Crippen LogP contribution in [-0.4, -0.2) is 74.8 Å². The molecule has 1 atom stereocenters. The van der Waals surface area contributed by atoms with Crippen molar-refractivity contribution >= 4 is 40.5 Å². The highest BCUT2D eigenvalue weighted by atomic mass is 32.2. The van der Waals surface area contributed by atoms with Crippen LogP contribution >= 0.6 is 11.8 Å². The van der Waals surface area contributed by atoms with Gasteiger partial charge in [0, 0.05) is 25.7 Å². The minimum atomic E-state index is -4.89. The topological polar surface area (TPSA) is 119 Å². The number of hydrogen-bond acceptors (Lipinski definition) is 7. The summed E-state index contributed by atoms with van der Waals surface area (Å²) in [5.74, 6) is -4.29. The largest absolute Gasteiger partial charge is 0.450 e. The molecule has 13 heteroatoms. The molecule has 2 N–H and O–H groups in total. The number of hydrogen-bond donors (Lipinski definition) is 1. The van der Waals surface area contributed by atoms with Crippen molar-refractivity contribution in [2.45, 2.75) is 57.0 Å². The summed E-state index contributed by atoms with van der Waals surface area (Å²) in [5.41, 5.74) is 7.71. The number of fused-ring (bicyclic) bond motifs is 1. The van der Waals surface area contributed by atoms with Gasteiger partial charge in [0.2, 0.25) is 17.6 Å². The number of likely N-dealkylation sites (tertiary alicyclic amines) is 1. The van der Waals surface area contributed by atoms with Crippen LogP contribution < -0.4 is 11.5 Å². The number of nitrogens with zero attached hydrogens (tertiary/aromatic N) is 3. The minimum absolute atomic E-state index is 0.111. The van der Waals surface area contributed by atoms with Gasteiger partial charge >= 0.3 is 11.9 Å². The molecule has 2 amide bonds. The van der Waals surface area contributed by atoms with Gasteiger partial charge in [0.05, 0.1) is 11.3 Å². The van der Waals surface area contributed by atoms with Gasteiger partial charge in [-0.3, -0.25) is 23.9 Å². The number of ketones is 1. The fourth-order valence-electron chi connectivity index (χ4n) is 5.25. The molecule has 2 heterocycles. The maximum absolute atomic E-state index is 13.8. The van der Waals surface area contributed by atoms with Crippen LogP contribution in [0.25, 0.3) is 11.1 Å². The van der Waals surface area contributed by atoms with E-state index >= 15 is 0 Å². The van der Waals surface area contributed by atoms with Crippen LogP contribution in [0.15, 0.2) is 63.8 Å². The maximum Gasteiger partial charge on any atom is 0.450 e. The minimum Gasteiger partial charge on any atom is -0.408 e. The molecule has 4 rings (SSSR count). The average molecular weight is 607 g/mol. The van der Waals surface area contributed by atoms with E-state index < -0.39 is 41.3 Å². The lowest BCUT2D eigenvalue weighted by molar-refractivity contribution is -0.167. The Morgan fingerprint density at radius 3 is 2.38 bits per heavy atom. The first-order chi connectivity index (χ1) is 20.0. The number of rotatable bonds is 13. The van der Waals surface area contributed by atoms with E-state index in [0.29, 0.717) is 37.0 Å². The first-order valence-electron chi connectivity index (χ1n) is 13.7. The van der Waals surface area contributed by atoms with E-state index in [1.807, 2.05) is 30.3 Å². The number of benzene rings is 2. The third-order valence-electron chi connectivity index (χ3n) is 7.33. The van der Waals surface area contributed by atoms with Crippen molar-refractivity contribution in [3.05, 3.63) is 70.7 Å². The van der Waals surface area contributed by atoms with Crippen LogP contribution in [-0.2, 0) is 27.5 Å². The number of amides is 2. The van der Waals surface area contributed by atoms with E-state index in [4.69, 9.17) is 10.2 Å². The molecule has 1 aliphatic rings. The third kappa shape index (κ3) is 8.03. The van der Waals surface area contributed by atoms with Crippen LogP contribution in [0, 0.1) is 0 Å². The fourth-order valence-corrected chi connectivity index (χ4v) is 6.12. The molecule has 0 aliphatic carbocycles. The van der Waals surface area contributed by atoms with Crippen LogP contribution in [0.2, 0.25) is 0 Å². The molecular weight excluding hydrogens is 573 g/mol. The van der Waals surface area contributed by atoms with Gasteiger partial charge in [-0.25, -0.2) is 4.79 Å². The quantitative estimate of drug-likeness (QED) is 0.296. The van der Waals surface area contributed by atoms with Crippen LogP contribution in [0.5, 0.6) is 0 Å². The summed E-state index contributed by atoms with van der Waals surface area (Å²) in [6, 6.07) is 15.3. The molecule has 0 spiro atoms. The molecule has 1 saturated heterocycles. The Bertz CT molecular complexity index is 1430. The summed E-state index contributed by atoms with van der Waals surface area (Å²) in [6.45, 7) is 1.71. The molecule has 0 bridgehead atoms. The number of alkyl halides is 3. The number of Topliss-reactive ketones (excluding diaryl/α,β-unsaturated/α-hetero) is 1. The van der Waals surface area contributed by atoms with Gasteiger partial charge in [-0.05, 0) is 49.1 Å². The SMILES string of the molecule is NC(=O)[C@H](CCCSCC(=O)C(F)(F)F)N(C(=O)Cn1c(=O)oc2ccccc21)C1CCN(Cc2ccccc2)CC1. The summed E-state index contributed by atoms with van der Waals surface area (Å²) in [7, 11) is 0. The summed E-state index contributed by atoms with van der Waals surface area (Å²) < 4.78 is 44.0. The Kier molecular flexibility index (Phi) is 10.5. The molecule has 2 aromatic carbocycles. The first kappa shape index (κ1) is 31.4. The fraction of sp³-hybridized carbons (Fsp3) is 0.448. The van der Waals surface area contributed by atoms with E-state index in [9.17, 15) is 32.3 Å². The number of thioether (sulfide) groups is 1. The average Bonchev–Trinajstić information content (AvgIpc) is 3.27. The predicted molar refractivity (Wildman–Crippen MR) is 153 cm³/mol. The molecule has 0 unspecified atom stereocenters. The maximum atomic E-state index is 13.8. The van der Waals surface area contributed by atoms with Gasteiger partial charge in [0.15, 0.2) is 5.58 Å². The van der Waals surface area contributed by atoms with Crippen molar-refractivity contribution in [3.63, 3.8) is 0 Å². The van der Waals surface area contributed by atoms with Crippen LogP contribution in [0.4, 0.5) is 13.2 Å². The van der Waals surface area contributed by atoms with E-state index in [1.54, 1.807) is 24.3 Å². The number of primary amides is 1. The summed E-state index contributed by atoms with van der Waals surface area (Å²) in [4.78, 5) is 54.0. The number of carbonyl (C=O) groups is 3. The molecule has 1 aliphatic heterocycles. The second kappa shape index (κ2) is 14.1. The van der Waals surface area contributed by atoms with Crippen molar-refractivity contribution in [2.24, 2.45) is 5.73 Å². The van der Waals surface area contributed by atoms with Crippen molar-refractivity contribution in [2.75, 3.05) is 24.6 Å². The van der Waals surface area contributed by atoms with Gasteiger partial charge in [-0.2, -0.15) is 24.9 Å². The second-order valence-corrected chi connectivity index (χ2v) is 11.4. The Hall–Kier alpha value is -3.58. The number of oxazole rings is 1. The van der Waals surface area contributed by atoms with Crippen molar-refractivity contribution in [3.8, 4) is 0 Å².